The summed E-state index contributed by atoms with van der Waals surface area (Å²) in [4.78, 5) is 14.5. The molecule has 0 aliphatic carbocycles. The van der Waals surface area contributed by atoms with Gasteiger partial charge in [-0.1, -0.05) is 13.8 Å². The molecule has 1 fully saturated rings. The Kier molecular flexibility index (Phi) is 4.36. The summed E-state index contributed by atoms with van der Waals surface area (Å²) in [7, 11) is 0. The van der Waals surface area contributed by atoms with E-state index in [1.165, 1.54) is 6.42 Å². The lowest BCUT2D eigenvalue weighted by Crippen LogP contribution is -2.52. The van der Waals surface area contributed by atoms with E-state index in [0.717, 1.165) is 19.4 Å². The molecule has 0 bridgehead atoms. The Hall–Kier alpha value is -0.570. The summed E-state index contributed by atoms with van der Waals surface area (Å²) in [6, 6.07) is 0.376. The summed E-state index contributed by atoms with van der Waals surface area (Å²) in [5.74, 6) is 0.871. The third-order valence-electron chi connectivity index (χ3n) is 4.13. The Morgan fingerprint density at radius 3 is 2.56 bits per heavy atom. The fourth-order valence-electron chi connectivity index (χ4n) is 2.30. The van der Waals surface area contributed by atoms with Gasteiger partial charge in [0.1, 0.15) is 0 Å². The van der Waals surface area contributed by atoms with Gasteiger partial charge in [-0.3, -0.25) is 4.79 Å². The van der Waals surface area contributed by atoms with Crippen LogP contribution >= 0.6 is 0 Å². The number of carbonyl (C=O) groups is 1. The number of hydrogen-bond acceptors (Lipinski definition) is 2. The van der Waals surface area contributed by atoms with Gasteiger partial charge in [-0.25, -0.2) is 0 Å². The normalized spacial score (nSPS) is 29.9. The van der Waals surface area contributed by atoms with Crippen molar-refractivity contribution < 1.29 is 4.79 Å². The Morgan fingerprint density at radius 1 is 1.44 bits per heavy atom. The minimum Gasteiger partial charge on any atom is -0.339 e. The van der Waals surface area contributed by atoms with Crippen LogP contribution < -0.4 is 5.73 Å². The molecule has 2 N–H and O–H groups in total. The summed E-state index contributed by atoms with van der Waals surface area (Å²) in [6.07, 6.45) is 3.17. The molecule has 1 saturated heterocycles. The zero-order chi connectivity index (χ0) is 12.3. The first-order valence-electron chi connectivity index (χ1n) is 6.45. The average Bonchev–Trinajstić information content (AvgIpc) is 2.30. The first-order chi connectivity index (χ1) is 7.44. The lowest BCUT2D eigenvalue weighted by molar-refractivity contribution is -0.145. The zero-order valence-corrected chi connectivity index (χ0v) is 11.1. The molecule has 1 aliphatic heterocycles. The third-order valence-corrected chi connectivity index (χ3v) is 4.13. The van der Waals surface area contributed by atoms with Crippen LogP contribution in [-0.2, 0) is 4.79 Å². The van der Waals surface area contributed by atoms with Gasteiger partial charge in [0.15, 0.2) is 0 Å². The lowest BCUT2D eigenvalue weighted by Gasteiger charge is -2.41. The number of nitrogens with two attached hydrogens (primary N) is 1. The molecule has 0 aromatic carbocycles. The highest BCUT2D eigenvalue weighted by atomic mass is 16.2. The number of likely N-dealkylation sites (tertiary alicyclic amines) is 1. The topological polar surface area (TPSA) is 46.3 Å². The van der Waals surface area contributed by atoms with Gasteiger partial charge < -0.3 is 10.6 Å². The predicted octanol–water partition coefficient (Wildman–Crippen LogP) is 2.01. The van der Waals surface area contributed by atoms with E-state index < -0.39 is 0 Å². The highest BCUT2D eigenvalue weighted by molar-refractivity contribution is 5.83. The predicted molar refractivity (Wildman–Crippen MR) is 67.0 cm³/mol. The van der Waals surface area contributed by atoms with E-state index in [2.05, 4.69) is 13.8 Å². The highest BCUT2D eigenvalue weighted by Gasteiger charge is 2.37. The lowest BCUT2D eigenvalue weighted by atomic mass is 9.83. The van der Waals surface area contributed by atoms with Crippen molar-refractivity contribution in [3.8, 4) is 0 Å². The van der Waals surface area contributed by atoms with E-state index in [1.807, 2.05) is 18.7 Å². The largest absolute Gasteiger partial charge is 0.339 e. The summed E-state index contributed by atoms with van der Waals surface area (Å²) in [5.41, 5.74) is 5.39. The van der Waals surface area contributed by atoms with Crippen LogP contribution in [0.4, 0.5) is 0 Å². The number of nitrogens with zero attached hydrogens (tertiary/aromatic N) is 1. The number of hydrogen-bond donors (Lipinski definition) is 1. The second-order valence-electron chi connectivity index (χ2n) is 5.61. The van der Waals surface area contributed by atoms with Gasteiger partial charge in [-0.2, -0.15) is 0 Å². The van der Waals surface area contributed by atoms with Crippen molar-refractivity contribution in [3.63, 3.8) is 0 Å². The van der Waals surface area contributed by atoms with Gasteiger partial charge >= 0.3 is 0 Å². The molecule has 1 amide bonds. The van der Waals surface area contributed by atoms with E-state index in [1.54, 1.807) is 0 Å². The Labute approximate surface area is 99.4 Å². The van der Waals surface area contributed by atoms with Crippen LogP contribution in [0.5, 0.6) is 0 Å². The van der Waals surface area contributed by atoms with Crippen molar-refractivity contribution in [3.05, 3.63) is 0 Å². The number of piperidine rings is 1. The van der Waals surface area contributed by atoms with Crippen LogP contribution in [0.3, 0.4) is 0 Å². The van der Waals surface area contributed by atoms with E-state index in [9.17, 15) is 4.79 Å². The molecule has 3 heteroatoms. The van der Waals surface area contributed by atoms with Gasteiger partial charge in [0.25, 0.3) is 0 Å². The van der Waals surface area contributed by atoms with Crippen molar-refractivity contribution in [2.45, 2.75) is 53.0 Å². The molecule has 0 aromatic rings. The average molecular weight is 226 g/mol. The van der Waals surface area contributed by atoms with E-state index in [0.29, 0.717) is 18.5 Å². The van der Waals surface area contributed by atoms with Crippen molar-refractivity contribution in [2.75, 3.05) is 13.1 Å². The maximum atomic E-state index is 12.5. The van der Waals surface area contributed by atoms with Crippen molar-refractivity contribution in [1.29, 1.82) is 0 Å². The van der Waals surface area contributed by atoms with Crippen LogP contribution in [0.2, 0.25) is 0 Å². The fraction of sp³-hybridized carbons (Fsp3) is 0.923. The molecule has 3 nitrogen and oxygen atoms in total. The molecule has 1 aliphatic rings. The van der Waals surface area contributed by atoms with E-state index >= 15 is 0 Å². The molecular weight excluding hydrogens is 200 g/mol. The third kappa shape index (κ3) is 2.57. The number of rotatable bonds is 3. The molecular formula is C13H26N2O. The molecule has 16 heavy (non-hydrogen) atoms. The van der Waals surface area contributed by atoms with Gasteiger partial charge in [0.05, 0.1) is 5.41 Å². The smallest absolute Gasteiger partial charge is 0.230 e. The molecule has 3 unspecified atom stereocenters. The molecule has 1 rings (SSSR count). The van der Waals surface area contributed by atoms with Crippen molar-refractivity contribution in [2.24, 2.45) is 17.1 Å². The highest BCUT2D eigenvalue weighted by Crippen LogP contribution is 2.29. The number of amides is 1. The van der Waals surface area contributed by atoms with Crippen LogP contribution in [0.1, 0.15) is 47.0 Å². The van der Waals surface area contributed by atoms with Gasteiger partial charge in [-0.15, -0.1) is 0 Å². The standard InChI is InChI=1S/C13H26N2O/c1-5-13(4,9-14)12(16)15-8-10(2)6-7-11(15)3/h10-11H,5-9,14H2,1-4H3. The first kappa shape index (κ1) is 13.5. The van der Waals surface area contributed by atoms with Gasteiger partial charge in [0, 0.05) is 19.1 Å². The summed E-state index contributed by atoms with van der Waals surface area (Å²) in [6.45, 7) is 9.74. The van der Waals surface area contributed by atoms with Crippen LogP contribution in [0.15, 0.2) is 0 Å². The second-order valence-corrected chi connectivity index (χ2v) is 5.61. The van der Waals surface area contributed by atoms with E-state index in [4.69, 9.17) is 5.73 Å². The maximum Gasteiger partial charge on any atom is 0.230 e. The Bertz CT molecular complexity index is 248. The minimum atomic E-state index is -0.370. The fourth-order valence-corrected chi connectivity index (χ4v) is 2.30. The zero-order valence-electron chi connectivity index (χ0n) is 11.1. The Morgan fingerprint density at radius 2 is 2.06 bits per heavy atom. The van der Waals surface area contributed by atoms with Gasteiger partial charge in [0.2, 0.25) is 5.91 Å². The summed E-state index contributed by atoms with van der Waals surface area (Å²) >= 11 is 0. The molecule has 1 heterocycles. The molecule has 0 radical (unpaired) electrons. The van der Waals surface area contributed by atoms with Gasteiger partial charge in [-0.05, 0) is 39.0 Å². The molecule has 3 atom stereocenters. The second kappa shape index (κ2) is 5.17. The molecule has 0 saturated carbocycles. The van der Waals surface area contributed by atoms with E-state index in [-0.39, 0.29) is 11.3 Å². The molecule has 94 valence electrons. The maximum absolute atomic E-state index is 12.5. The Balaban J connectivity index is 2.78. The summed E-state index contributed by atoms with van der Waals surface area (Å²) < 4.78 is 0. The minimum absolute atomic E-state index is 0.247. The van der Waals surface area contributed by atoms with Crippen molar-refractivity contribution >= 4 is 5.91 Å². The summed E-state index contributed by atoms with van der Waals surface area (Å²) in [5, 5.41) is 0. The monoisotopic (exact) mass is 226 g/mol. The first-order valence-corrected chi connectivity index (χ1v) is 6.45. The van der Waals surface area contributed by atoms with Crippen LogP contribution in [0.25, 0.3) is 0 Å². The molecule has 0 aromatic heterocycles. The van der Waals surface area contributed by atoms with Crippen LogP contribution in [-0.4, -0.2) is 29.9 Å². The van der Waals surface area contributed by atoms with Crippen molar-refractivity contribution in [1.82, 2.24) is 4.90 Å². The molecule has 0 spiro atoms. The quantitative estimate of drug-likeness (QED) is 0.800. The van der Waals surface area contributed by atoms with Crippen LogP contribution in [0, 0.1) is 11.3 Å². The SMILES string of the molecule is CCC(C)(CN)C(=O)N1CC(C)CCC1C. The number of carbonyl (C=O) groups excluding carboxylic acids is 1.